The summed E-state index contributed by atoms with van der Waals surface area (Å²) in [7, 11) is 0. The molecule has 0 bridgehead atoms. The number of hydrogen-bond donors (Lipinski definition) is 4. The van der Waals surface area contributed by atoms with Gasteiger partial charge in [0.2, 0.25) is 0 Å². The third-order valence-corrected chi connectivity index (χ3v) is 3.27. The van der Waals surface area contributed by atoms with E-state index in [9.17, 15) is 9.90 Å². The summed E-state index contributed by atoms with van der Waals surface area (Å²) in [5.74, 6) is 5.90. The van der Waals surface area contributed by atoms with Gasteiger partial charge in [0.05, 0.1) is 11.0 Å². The number of nitrogens with one attached hydrogen (secondary N) is 2. The number of guanidine groups is 1. The summed E-state index contributed by atoms with van der Waals surface area (Å²) in [6.45, 7) is 3.23. The molecule has 3 rings (SSSR count). The molecule has 0 aliphatic carbocycles. The number of nitrogens with zero attached hydrogens (tertiary/aromatic N) is 2. The summed E-state index contributed by atoms with van der Waals surface area (Å²) in [6, 6.07) is 5.35. The van der Waals surface area contributed by atoms with Gasteiger partial charge < -0.3 is 21.1 Å². The first-order chi connectivity index (χ1) is 10.8. The van der Waals surface area contributed by atoms with Crippen molar-refractivity contribution in [3.63, 3.8) is 0 Å². The van der Waals surface area contributed by atoms with Gasteiger partial charge in [-0.25, -0.2) is 9.79 Å². The molecule has 0 saturated carbocycles. The Morgan fingerprint density at radius 2 is 2.22 bits per heavy atom. The molecule has 0 amide bonds. The number of fused-ring (bicyclic) bond motifs is 1. The molecule has 118 valence electrons. The third kappa shape index (κ3) is 3.12. The first-order valence-electron chi connectivity index (χ1n) is 7.10. The highest BCUT2D eigenvalue weighted by molar-refractivity contribution is 5.81. The van der Waals surface area contributed by atoms with Gasteiger partial charge in [-0.05, 0) is 38.1 Å². The molecule has 0 radical (unpaired) electrons. The summed E-state index contributed by atoms with van der Waals surface area (Å²) >= 11 is 0. The van der Waals surface area contributed by atoms with Crippen LogP contribution in [0.5, 0.6) is 0 Å². The van der Waals surface area contributed by atoms with Crippen LogP contribution in [0.3, 0.4) is 0 Å². The van der Waals surface area contributed by atoms with E-state index < -0.39 is 11.8 Å². The molecule has 23 heavy (non-hydrogen) atoms. The average molecular weight is 311 g/mol. The maximum absolute atomic E-state index is 12.2. The molecular weight excluding hydrogens is 294 g/mol. The van der Waals surface area contributed by atoms with Gasteiger partial charge in [-0.1, -0.05) is 11.8 Å². The summed E-state index contributed by atoms with van der Waals surface area (Å²) in [4.78, 5) is 19.2. The number of imidazole rings is 1. The highest BCUT2D eigenvalue weighted by Crippen LogP contribution is 2.19. The molecule has 1 aliphatic heterocycles. The Kier molecular flexibility index (Phi) is 3.47. The Balaban J connectivity index is 2.13. The van der Waals surface area contributed by atoms with E-state index in [0.717, 1.165) is 0 Å². The van der Waals surface area contributed by atoms with Gasteiger partial charge in [-0.2, -0.15) is 0 Å². The van der Waals surface area contributed by atoms with E-state index in [-0.39, 0.29) is 11.6 Å². The van der Waals surface area contributed by atoms with Crippen LogP contribution in [-0.4, -0.2) is 26.2 Å². The molecule has 0 spiro atoms. The van der Waals surface area contributed by atoms with Crippen LogP contribution in [0.2, 0.25) is 0 Å². The first kappa shape index (κ1) is 14.9. The Bertz CT molecular complexity index is 931. The fourth-order valence-corrected chi connectivity index (χ4v) is 2.27. The molecule has 1 aromatic carbocycles. The van der Waals surface area contributed by atoms with Crippen molar-refractivity contribution in [3.05, 3.63) is 46.5 Å². The van der Waals surface area contributed by atoms with Crippen LogP contribution < -0.4 is 16.7 Å². The summed E-state index contributed by atoms with van der Waals surface area (Å²) in [6.07, 6.45) is 2.87. The van der Waals surface area contributed by atoms with E-state index >= 15 is 0 Å². The highest BCUT2D eigenvalue weighted by atomic mass is 16.3. The van der Waals surface area contributed by atoms with E-state index in [2.05, 4.69) is 27.1 Å². The smallest absolute Gasteiger partial charge is 0.328 e. The standard InChI is InChI=1S/C16H17N5O2/c1-16(2,23)7-5-10-3-4-11-12(9-10)21(15(22)19-11)13-6-8-18-14(17)20-13/h3-4,6,8-9,13,23H,1-2H3,(H,19,22)(H3,17,18,20). The van der Waals surface area contributed by atoms with Crippen LogP contribution >= 0.6 is 0 Å². The zero-order valence-corrected chi connectivity index (χ0v) is 12.8. The molecule has 7 nitrogen and oxygen atoms in total. The third-order valence-electron chi connectivity index (χ3n) is 3.27. The second-order valence-corrected chi connectivity index (χ2v) is 5.77. The van der Waals surface area contributed by atoms with E-state index in [4.69, 9.17) is 5.73 Å². The van der Waals surface area contributed by atoms with Gasteiger partial charge in [0.15, 0.2) is 12.1 Å². The van der Waals surface area contributed by atoms with Crippen LogP contribution in [0, 0.1) is 11.8 Å². The van der Waals surface area contributed by atoms with Crippen LogP contribution in [0.25, 0.3) is 11.0 Å². The normalized spacial score (nSPS) is 17.3. The summed E-state index contributed by atoms with van der Waals surface area (Å²) < 4.78 is 1.51. The number of H-pyrrole nitrogens is 1. The number of benzene rings is 1. The number of aliphatic imine (C=N–C) groups is 1. The summed E-state index contributed by atoms with van der Waals surface area (Å²) in [5, 5.41) is 12.5. The monoisotopic (exact) mass is 311 g/mol. The quantitative estimate of drug-likeness (QED) is 0.571. The molecule has 1 aromatic heterocycles. The number of aromatic nitrogens is 2. The molecule has 5 N–H and O–H groups in total. The van der Waals surface area contributed by atoms with Gasteiger partial charge in [-0.15, -0.1) is 0 Å². The lowest BCUT2D eigenvalue weighted by Crippen LogP contribution is -2.33. The van der Waals surface area contributed by atoms with E-state index in [1.54, 1.807) is 44.3 Å². The largest absolute Gasteiger partial charge is 0.378 e. The maximum Gasteiger partial charge on any atom is 0.328 e. The predicted octanol–water partition coefficient (Wildman–Crippen LogP) is 0.382. The van der Waals surface area contributed by atoms with Gasteiger partial charge in [0.25, 0.3) is 0 Å². The Morgan fingerprint density at radius 3 is 2.91 bits per heavy atom. The SMILES string of the molecule is CC(C)(O)C#Cc1ccc2[nH]c(=O)n(C3C=CNC(N)=N3)c2c1. The minimum absolute atomic E-state index is 0.247. The molecule has 1 aliphatic rings. The second kappa shape index (κ2) is 5.34. The number of hydrogen-bond acceptors (Lipinski definition) is 5. The molecule has 7 heteroatoms. The average Bonchev–Trinajstić information content (AvgIpc) is 2.79. The van der Waals surface area contributed by atoms with Crippen molar-refractivity contribution < 1.29 is 5.11 Å². The highest BCUT2D eigenvalue weighted by Gasteiger charge is 2.16. The number of aromatic amines is 1. The zero-order chi connectivity index (χ0) is 16.6. The van der Waals surface area contributed by atoms with Crippen molar-refractivity contribution in [3.8, 4) is 11.8 Å². The number of nitrogens with two attached hydrogens (primary N) is 1. The Labute approximate surface area is 132 Å². The van der Waals surface area contributed by atoms with E-state index in [1.165, 1.54) is 4.57 Å². The minimum Gasteiger partial charge on any atom is -0.378 e. The predicted molar refractivity (Wildman–Crippen MR) is 88.7 cm³/mol. The molecular formula is C16H17N5O2. The topological polar surface area (TPSA) is 108 Å². The molecule has 0 saturated heterocycles. The van der Waals surface area contributed by atoms with Gasteiger partial charge in [0, 0.05) is 11.8 Å². The lowest BCUT2D eigenvalue weighted by molar-refractivity contribution is 0.143. The van der Waals surface area contributed by atoms with Crippen LogP contribution in [0.4, 0.5) is 0 Å². The number of aliphatic hydroxyl groups is 1. The lowest BCUT2D eigenvalue weighted by atomic mass is 10.1. The molecule has 2 heterocycles. The van der Waals surface area contributed by atoms with E-state index in [0.29, 0.717) is 16.6 Å². The Hall–Kier alpha value is -2.98. The van der Waals surface area contributed by atoms with Crippen LogP contribution in [0.15, 0.2) is 40.3 Å². The van der Waals surface area contributed by atoms with E-state index in [1.807, 2.05) is 0 Å². The van der Waals surface area contributed by atoms with Gasteiger partial charge in [0.1, 0.15) is 5.60 Å². The Morgan fingerprint density at radius 1 is 1.43 bits per heavy atom. The molecule has 0 fully saturated rings. The number of rotatable bonds is 1. The molecule has 1 atom stereocenters. The van der Waals surface area contributed by atoms with Crippen molar-refractivity contribution in [1.29, 1.82) is 0 Å². The summed E-state index contributed by atoms with van der Waals surface area (Å²) in [5.41, 5.74) is 6.36. The molecule has 2 aromatic rings. The second-order valence-electron chi connectivity index (χ2n) is 5.77. The maximum atomic E-state index is 12.2. The van der Waals surface area contributed by atoms with Gasteiger partial charge in [-0.3, -0.25) is 4.57 Å². The fourth-order valence-electron chi connectivity index (χ4n) is 2.27. The fraction of sp³-hybridized carbons (Fsp3) is 0.250. The van der Waals surface area contributed by atoms with Gasteiger partial charge >= 0.3 is 5.69 Å². The lowest BCUT2D eigenvalue weighted by Gasteiger charge is -2.15. The van der Waals surface area contributed by atoms with Crippen molar-refractivity contribution in [2.24, 2.45) is 10.7 Å². The van der Waals surface area contributed by atoms with Crippen molar-refractivity contribution in [2.75, 3.05) is 0 Å². The minimum atomic E-state index is -1.08. The zero-order valence-electron chi connectivity index (χ0n) is 12.8. The van der Waals surface area contributed by atoms with Crippen LogP contribution in [0.1, 0.15) is 25.6 Å². The first-order valence-corrected chi connectivity index (χ1v) is 7.10. The molecule has 1 unspecified atom stereocenters. The van der Waals surface area contributed by atoms with Crippen LogP contribution in [-0.2, 0) is 0 Å². The van der Waals surface area contributed by atoms with Crippen molar-refractivity contribution in [1.82, 2.24) is 14.9 Å². The van der Waals surface area contributed by atoms with Crippen molar-refractivity contribution in [2.45, 2.75) is 25.6 Å². The van der Waals surface area contributed by atoms with Crippen molar-refractivity contribution >= 4 is 17.0 Å².